The van der Waals surface area contributed by atoms with Gasteiger partial charge in [-0.2, -0.15) is 0 Å². The summed E-state index contributed by atoms with van der Waals surface area (Å²) in [6.07, 6.45) is 3.90. The first-order valence-corrected chi connectivity index (χ1v) is 7.23. The first kappa shape index (κ1) is 16.0. The van der Waals surface area contributed by atoms with E-state index in [0.29, 0.717) is 0 Å². The summed E-state index contributed by atoms with van der Waals surface area (Å²) in [4.78, 5) is 12.8. The molecule has 0 amide bonds. The molecule has 0 aliphatic heterocycles. The number of nitrogens with zero attached hydrogens (tertiary/aromatic N) is 1. The minimum atomic E-state index is -0.124. The summed E-state index contributed by atoms with van der Waals surface area (Å²) >= 11 is 0. The lowest BCUT2D eigenvalue weighted by Crippen LogP contribution is -2.35. The van der Waals surface area contributed by atoms with Crippen molar-refractivity contribution in [3.05, 3.63) is 33.2 Å². The molecule has 2 heteroatoms. The SMILES string of the molecule is CCCc1cn(C)c(C(C)(C)C)c(C(C)(C)C)c1=O. The predicted octanol–water partition coefficient (Wildman–Crippen LogP) is 3.93. The fourth-order valence-electron chi connectivity index (χ4n) is 2.85. The number of rotatable bonds is 2. The average Bonchev–Trinajstić information content (AvgIpc) is 2.19. The van der Waals surface area contributed by atoms with Crippen LogP contribution < -0.4 is 5.43 Å². The highest BCUT2D eigenvalue weighted by molar-refractivity contribution is 5.36. The summed E-state index contributed by atoms with van der Waals surface area (Å²) in [5.74, 6) is 0. The third-order valence-electron chi connectivity index (χ3n) is 3.44. The summed E-state index contributed by atoms with van der Waals surface area (Å²) in [7, 11) is 2.06. The maximum absolute atomic E-state index is 12.8. The maximum Gasteiger partial charge on any atom is 0.188 e. The van der Waals surface area contributed by atoms with Crippen LogP contribution in [0.5, 0.6) is 0 Å². The normalized spacial score (nSPS) is 12.8. The molecule has 0 saturated carbocycles. The second-order valence-corrected chi connectivity index (χ2v) is 7.57. The molecule has 19 heavy (non-hydrogen) atoms. The van der Waals surface area contributed by atoms with Gasteiger partial charge in [-0.25, -0.2) is 0 Å². The van der Waals surface area contributed by atoms with E-state index in [1.54, 1.807) is 0 Å². The topological polar surface area (TPSA) is 22.0 Å². The Morgan fingerprint density at radius 3 is 1.95 bits per heavy atom. The molecule has 0 aliphatic rings. The average molecular weight is 263 g/mol. The van der Waals surface area contributed by atoms with Crippen LogP contribution >= 0.6 is 0 Å². The van der Waals surface area contributed by atoms with E-state index in [4.69, 9.17) is 0 Å². The van der Waals surface area contributed by atoms with Crippen molar-refractivity contribution >= 4 is 0 Å². The lowest BCUT2D eigenvalue weighted by Gasteiger charge is -2.32. The van der Waals surface area contributed by atoms with Crippen LogP contribution in [0.2, 0.25) is 0 Å². The second kappa shape index (κ2) is 5.15. The highest BCUT2D eigenvalue weighted by atomic mass is 16.1. The predicted molar refractivity (Wildman–Crippen MR) is 83.1 cm³/mol. The molecule has 0 bridgehead atoms. The van der Waals surface area contributed by atoms with E-state index in [9.17, 15) is 4.79 Å². The van der Waals surface area contributed by atoms with Crippen LogP contribution in [0, 0.1) is 0 Å². The second-order valence-electron chi connectivity index (χ2n) is 7.57. The van der Waals surface area contributed by atoms with Gasteiger partial charge < -0.3 is 4.57 Å². The Labute approximate surface area is 117 Å². The number of hydrogen-bond acceptors (Lipinski definition) is 1. The van der Waals surface area contributed by atoms with Crippen LogP contribution in [0.15, 0.2) is 11.0 Å². The smallest absolute Gasteiger partial charge is 0.188 e. The Balaban J connectivity index is 3.76. The molecule has 0 unspecified atom stereocenters. The third-order valence-corrected chi connectivity index (χ3v) is 3.44. The van der Waals surface area contributed by atoms with Crippen LogP contribution in [0.25, 0.3) is 0 Å². The van der Waals surface area contributed by atoms with Crippen molar-refractivity contribution in [3.8, 4) is 0 Å². The first-order valence-electron chi connectivity index (χ1n) is 7.23. The van der Waals surface area contributed by atoms with E-state index < -0.39 is 0 Å². The summed E-state index contributed by atoms with van der Waals surface area (Å²) in [5.41, 5.74) is 3.18. The van der Waals surface area contributed by atoms with Gasteiger partial charge in [0.15, 0.2) is 5.43 Å². The molecule has 1 heterocycles. The molecule has 0 fully saturated rings. The monoisotopic (exact) mass is 263 g/mol. The molecule has 0 spiro atoms. The molecule has 0 atom stereocenters. The molecule has 2 nitrogen and oxygen atoms in total. The van der Waals surface area contributed by atoms with Gasteiger partial charge in [0.25, 0.3) is 0 Å². The number of aryl methyl sites for hydroxylation is 2. The third kappa shape index (κ3) is 3.29. The van der Waals surface area contributed by atoms with Gasteiger partial charge in [0.2, 0.25) is 0 Å². The van der Waals surface area contributed by atoms with Crippen LogP contribution in [0.4, 0.5) is 0 Å². The van der Waals surface area contributed by atoms with Crippen molar-refractivity contribution in [3.63, 3.8) is 0 Å². The number of hydrogen-bond donors (Lipinski definition) is 0. The number of pyridine rings is 1. The largest absolute Gasteiger partial charge is 0.353 e. The minimum Gasteiger partial charge on any atom is -0.353 e. The quantitative estimate of drug-likeness (QED) is 0.792. The Bertz CT molecular complexity index is 510. The standard InChI is InChI=1S/C17H29NO/c1-9-10-12-11-18(8)15(17(5,6)7)13(14(12)19)16(2,3)4/h11H,9-10H2,1-8H3. The van der Waals surface area contributed by atoms with E-state index >= 15 is 0 Å². The summed E-state index contributed by atoms with van der Waals surface area (Å²) in [6.45, 7) is 15.1. The Morgan fingerprint density at radius 1 is 1.05 bits per heavy atom. The molecule has 0 aromatic carbocycles. The highest BCUT2D eigenvalue weighted by Crippen LogP contribution is 2.31. The van der Waals surface area contributed by atoms with Crippen LogP contribution in [-0.2, 0) is 24.3 Å². The Kier molecular flexibility index (Phi) is 4.33. The van der Waals surface area contributed by atoms with Crippen molar-refractivity contribution in [2.75, 3.05) is 0 Å². The molecule has 0 radical (unpaired) electrons. The van der Waals surface area contributed by atoms with Crippen molar-refractivity contribution < 1.29 is 0 Å². The van der Waals surface area contributed by atoms with Gasteiger partial charge >= 0.3 is 0 Å². The molecule has 1 aromatic heterocycles. The van der Waals surface area contributed by atoms with E-state index in [1.807, 2.05) is 6.20 Å². The molecule has 0 saturated heterocycles. The lowest BCUT2D eigenvalue weighted by molar-refractivity contribution is 0.484. The van der Waals surface area contributed by atoms with Gasteiger partial charge in [-0.1, -0.05) is 54.9 Å². The fraction of sp³-hybridized carbons (Fsp3) is 0.706. The van der Waals surface area contributed by atoms with Gasteiger partial charge in [0.05, 0.1) is 0 Å². The van der Waals surface area contributed by atoms with E-state index in [0.717, 1.165) is 29.7 Å². The zero-order valence-electron chi connectivity index (χ0n) is 13.8. The van der Waals surface area contributed by atoms with Crippen LogP contribution in [0.3, 0.4) is 0 Å². The Hall–Kier alpha value is -1.05. The molecular formula is C17H29NO. The summed E-state index contributed by atoms with van der Waals surface area (Å²) < 4.78 is 2.16. The molecule has 1 aromatic rings. The van der Waals surface area contributed by atoms with E-state index in [-0.39, 0.29) is 16.3 Å². The minimum absolute atomic E-state index is 0.0265. The van der Waals surface area contributed by atoms with Crippen molar-refractivity contribution in [2.45, 2.75) is 72.1 Å². The molecule has 1 rings (SSSR count). The lowest BCUT2D eigenvalue weighted by atomic mass is 9.77. The maximum atomic E-state index is 12.8. The molecule has 0 aliphatic carbocycles. The molecular weight excluding hydrogens is 234 g/mol. The Morgan fingerprint density at radius 2 is 1.58 bits per heavy atom. The van der Waals surface area contributed by atoms with E-state index in [1.165, 1.54) is 0 Å². The van der Waals surface area contributed by atoms with Gasteiger partial charge in [-0.05, 0) is 11.8 Å². The van der Waals surface area contributed by atoms with Gasteiger partial charge in [-0.3, -0.25) is 4.79 Å². The van der Waals surface area contributed by atoms with Gasteiger partial charge in [0.1, 0.15) is 0 Å². The van der Waals surface area contributed by atoms with E-state index in [2.05, 4.69) is 60.1 Å². The summed E-state index contributed by atoms with van der Waals surface area (Å²) in [5, 5.41) is 0. The fourth-order valence-corrected chi connectivity index (χ4v) is 2.85. The molecule has 0 N–H and O–H groups in total. The van der Waals surface area contributed by atoms with Gasteiger partial charge in [-0.15, -0.1) is 0 Å². The summed E-state index contributed by atoms with van der Waals surface area (Å²) in [6, 6.07) is 0. The first-order chi connectivity index (χ1) is 8.50. The van der Waals surface area contributed by atoms with Crippen LogP contribution in [-0.4, -0.2) is 4.57 Å². The zero-order chi connectivity index (χ0) is 15.0. The van der Waals surface area contributed by atoms with Crippen LogP contribution in [0.1, 0.15) is 71.7 Å². The highest BCUT2D eigenvalue weighted by Gasteiger charge is 2.30. The van der Waals surface area contributed by atoms with Crippen molar-refractivity contribution in [1.29, 1.82) is 0 Å². The molecule has 108 valence electrons. The van der Waals surface area contributed by atoms with Gasteiger partial charge in [0, 0.05) is 35.5 Å². The zero-order valence-corrected chi connectivity index (χ0v) is 13.8. The van der Waals surface area contributed by atoms with Crippen molar-refractivity contribution in [2.24, 2.45) is 7.05 Å². The number of aromatic nitrogens is 1. The van der Waals surface area contributed by atoms with Crippen molar-refractivity contribution in [1.82, 2.24) is 4.57 Å².